The fourth-order valence-corrected chi connectivity index (χ4v) is 2.11. The fourth-order valence-electron chi connectivity index (χ4n) is 2.11. The molecule has 0 spiro atoms. The number of nitrogens with two attached hydrogens (primary N) is 2. The van der Waals surface area contributed by atoms with Crippen molar-refractivity contribution < 1.29 is 4.79 Å². The van der Waals surface area contributed by atoms with Crippen LogP contribution in [0.5, 0.6) is 0 Å². The summed E-state index contributed by atoms with van der Waals surface area (Å²) in [5.41, 5.74) is 11.4. The van der Waals surface area contributed by atoms with Gasteiger partial charge in [-0.1, -0.05) is 19.3 Å². The summed E-state index contributed by atoms with van der Waals surface area (Å²) in [5, 5.41) is 2.91. The van der Waals surface area contributed by atoms with Gasteiger partial charge in [0.2, 0.25) is 5.91 Å². The Bertz CT molecular complexity index is 196. The highest BCUT2D eigenvalue weighted by atomic mass is 16.1. The van der Waals surface area contributed by atoms with E-state index in [4.69, 9.17) is 11.5 Å². The van der Waals surface area contributed by atoms with Crippen LogP contribution in [0.2, 0.25) is 0 Å². The van der Waals surface area contributed by atoms with Gasteiger partial charge < -0.3 is 16.8 Å². The number of nitrogens with one attached hydrogen (secondary N) is 1. The van der Waals surface area contributed by atoms with Crippen molar-refractivity contribution in [1.82, 2.24) is 5.32 Å². The molecule has 2 atom stereocenters. The molecule has 1 saturated carbocycles. The highest BCUT2D eigenvalue weighted by Gasteiger charge is 2.26. The number of hydrogen-bond donors (Lipinski definition) is 3. The van der Waals surface area contributed by atoms with Crippen LogP contribution in [0.25, 0.3) is 0 Å². The van der Waals surface area contributed by atoms with E-state index in [1.165, 1.54) is 6.42 Å². The predicted octanol–water partition coefficient (Wildman–Crippen LogP) is 0.359. The summed E-state index contributed by atoms with van der Waals surface area (Å²) in [5.74, 6) is 0.142. The summed E-state index contributed by atoms with van der Waals surface area (Å²) in [6, 6.07) is 0.0466. The molecule has 0 aromatic rings. The molecule has 1 aliphatic carbocycles. The monoisotopic (exact) mass is 213 g/mol. The Labute approximate surface area is 91.8 Å². The van der Waals surface area contributed by atoms with E-state index in [0.717, 1.165) is 32.1 Å². The minimum Gasteiger partial charge on any atom is -0.356 e. The van der Waals surface area contributed by atoms with Crippen molar-refractivity contribution in [3.05, 3.63) is 0 Å². The van der Waals surface area contributed by atoms with Gasteiger partial charge in [-0.05, 0) is 25.8 Å². The van der Waals surface area contributed by atoms with Crippen LogP contribution in [-0.2, 0) is 4.79 Å². The molecule has 1 fully saturated rings. The molecule has 4 heteroatoms. The standard InChI is InChI=1S/C11H23N3O/c12-7-4-8-14-11(15)9-5-2-1-3-6-10(9)13/h9-10H,1-8,12-13H2,(H,14,15). The van der Waals surface area contributed by atoms with Gasteiger partial charge in [-0.2, -0.15) is 0 Å². The van der Waals surface area contributed by atoms with Crippen LogP contribution in [-0.4, -0.2) is 25.0 Å². The second-order valence-corrected chi connectivity index (χ2v) is 4.34. The summed E-state index contributed by atoms with van der Waals surface area (Å²) in [6.45, 7) is 1.30. The van der Waals surface area contributed by atoms with Gasteiger partial charge in [-0.3, -0.25) is 4.79 Å². The van der Waals surface area contributed by atoms with Gasteiger partial charge in [0.25, 0.3) is 0 Å². The number of carbonyl (C=O) groups is 1. The van der Waals surface area contributed by atoms with Crippen molar-refractivity contribution in [3.8, 4) is 0 Å². The largest absolute Gasteiger partial charge is 0.356 e. The first-order chi connectivity index (χ1) is 7.25. The first kappa shape index (κ1) is 12.5. The van der Waals surface area contributed by atoms with Crippen LogP contribution in [0, 0.1) is 5.92 Å². The Balaban J connectivity index is 2.34. The maximum absolute atomic E-state index is 11.8. The third-order valence-corrected chi connectivity index (χ3v) is 3.09. The molecule has 1 rings (SSSR count). The molecule has 4 nitrogen and oxygen atoms in total. The van der Waals surface area contributed by atoms with Crippen LogP contribution < -0.4 is 16.8 Å². The first-order valence-electron chi connectivity index (χ1n) is 5.99. The minimum atomic E-state index is 0.0188. The van der Waals surface area contributed by atoms with E-state index in [-0.39, 0.29) is 17.9 Å². The van der Waals surface area contributed by atoms with Gasteiger partial charge in [0.15, 0.2) is 0 Å². The fraction of sp³-hybridized carbons (Fsp3) is 0.909. The molecule has 0 saturated heterocycles. The van der Waals surface area contributed by atoms with E-state index < -0.39 is 0 Å². The second kappa shape index (κ2) is 6.80. The number of hydrogen-bond acceptors (Lipinski definition) is 3. The third-order valence-electron chi connectivity index (χ3n) is 3.09. The second-order valence-electron chi connectivity index (χ2n) is 4.34. The highest BCUT2D eigenvalue weighted by Crippen LogP contribution is 2.22. The lowest BCUT2D eigenvalue weighted by Crippen LogP contribution is -2.41. The molecule has 0 heterocycles. The molecule has 15 heavy (non-hydrogen) atoms. The van der Waals surface area contributed by atoms with E-state index >= 15 is 0 Å². The average molecular weight is 213 g/mol. The maximum Gasteiger partial charge on any atom is 0.224 e. The van der Waals surface area contributed by atoms with Crippen LogP contribution in [0.4, 0.5) is 0 Å². The smallest absolute Gasteiger partial charge is 0.224 e. The Hall–Kier alpha value is -0.610. The van der Waals surface area contributed by atoms with Gasteiger partial charge in [0, 0.05) is 12.6 Å². The van der Waals surface area contributed by atoms with Crippen molar-refractivity contribution in [2.45, 2.75) is 44.6 Å². The van der Waals surface area contributed by atoms with Gasteiger partial charge in [-0.25, -0.2) is 0 Å². The molecule has 0 aliphatic heterocycles. The van der Waals surface area contributed by atoms with Crippen molar-refractivity contribution in [2.24, 2.45) is 17.4 Å². The van der Waals surface area contributed by atoms with Crippen LogP contribution in [0.15, 0.2) is 0 Å². The topological polar surface area (TPSA) is 81.1 Å². The summed E-state index contributed by atoms with van der Waals surface area (Å²) in [7, 11) is 0. The Morgan fingerprint density at radius 2 is 2.00 bits per heavy atom. The summed E-state index contributed by atoms with van der Waals surface area (Å²) < 4.78 is 0. The van der Waals surface area contributed by atoms with Crippen LogP contribution in [0.3, 0.4) is 0 Å². The molecule has 2 unspecified atom stereocenters. The maximum atomic E-state index is 11.8. The zero-order valence-electron chi connectivity index (χ0n) is 9.37. The minimum absolute atomic E-state index is 0.0188. The molecule has 0 aromatic carbocycles. The molecular formula is C11H23N3O. The van der Waals surface area contributed by atoms with E-state index in [1.807, 2.05) is 0 Å². The zero-order valence-corrected chi connectivity index (χ0v) is 9.37. The molecule has 0 aromatic heterocycles. The van der Waals surface area contributed by atoms with Crippen molar-refractivity contribution in [2.75, 3.05) is 13.1 Å². The molecular weight excluding hydrogens is 190 g/mol. The van der Waals surface area contributed by atoms with Gasteiger partial charge in [0.05, 0.1) is 5.92 Å². The van der Waals surface area contributed by atoms with Crippen LogP contribution in [0.1, 0.15) is 38.5 Å². The van der Waals surface area contributed by atoms with Crippen molar-refractivity contribution in [3.63, 3.8) is 0 Å². The molecule has 1 aliphatic rings. The number of amides is 1. The summed E-state index contributed by atoms with van der Waals surface area (Å²) in [4.78, 5) is 11.8. The van der Waals surface area contributed by atoms with Crippen molar-refractivity contribution >= 4 is 5.91 Å². The SMILES string of the molecule is NCCCNC(=O)C1CCCCCC1N. The van der Waals surface area contributed by atoms with Gasteiger partial charge in [-0.15, -0.1) is 0 Å². The zero-order chi connectivity index (χ0) is 11.1. The third kappa shape index (κ3) is 4.18. The predicted molar refractivity (Wildman–Crippen MR) is 61.2 cm³/mol. The van der Waals surface area contributed by atoms with E-state index in [0.29, 0.717) is 13.1 Å². The lowest BCUT2D eigenvalue weighted by Gasteiger charge is -2.20. The van der Waals surface area contributed by atoms with Gasteiger partial charge >= 0.3 is 0 Å². The molecule has 1 amide bonds. The number of carbonyl (C=O) groups excluding carboxylic acids is 1. The van der Waals surface area contributed by atoms with E-state index in [1.54, 1.807) is 0 Å². The molecule has 0 radical (unpaired) electrons. The molecule has 88 valence electrons. The Kier molecular flexibility index (Phi) is 5.65. The lowest BCUT2D eigenvalue weighted by molar-refractivity contribution is -0.125. The van der Waals surface area contributed by atoms with E-state index in [2.05, 4.69) is 5.32 Å². The van der Waals surface area contributed by atoms with Gasteiger partial charge in [0.1, 0.15) is 0 Å². The Morgan fingerprint density at radius 1 is 1.27 bits per heavy atom. The quantitative estimate of drug-likeness (QED) is 0.466. The average Bonchev–Trinajstić information content (AvgIpc) is 2.43. The molecule has 5 N–H and O–H groups in total. The molecule has 0 bridgehead atoms. The number of rotatable bonds is 4. The Morgan fingerprint density at radius 3 is 2.73 bits per heavy atom. The first-order valence-corrected chi connectivity index (χ1v) is 5.99. The van der Waals surface area contributed by atoms with E-state index in [9.17, 15) is 4.79 Å². The van der Waals surface area contributed by atoms with Crippen molar-refractivity contribution in [1.29, 1.82) is 0 Å². The summed E-state index contributed by atoms with van der Waals surface area (Å²) in [6.07, 6.45) is 6.26. The highest BCUT2D eigenvalue weighted by molar-refractivity contribution is 5.79. The van der Waals surface area contributed by atoms with Crippen LogP contribution >= 0.6 is 0 Å². The normalized spacial score (nSPS) is 27.1. The lowest BCUT2D eigenvalue weighted by atomic mass is 9.94. The summed E-state index contributed by atoms with van der Waals surface area (Å²) >= 11 is 0.